The van der Waals surface area contributed by atoms with E-state index in [0.717, 1.165) is 34.4 Å². The zero-order valence-electron chi connectivity index (χ0n) is 15.2. The summed E-state index contributed by atoms with van der Waals surface area (Å²) in [6.45, 7) is 0.322. The molecule has 2 rings (SSSR count). The number of hydrogen-bond acceptors (Lipinski definition) is 7. The predicted octanol–water partition coefficient (Wildman–Crippen LogP) is 2.18. The van der Waals surface area contributed by atoms with Crippen LogP contribution in [0.1, 0.15) is 24.8 Å². The fourth-order valence-electron chi connectivity index (χ4n) is 2.52. The monoisotopic (exact) mass is 410 g/mol. The lowest BCUT2D eigenvalue weighted by molar-refractivity contribution is 0.355. The molecule has 1 aromatic carbocycles. The van der Waals surface area contributed by atoms with Gasteiger partial charge in [0.05, 0.1) is 25.3 Å². The molecule has 0 aliphatic rings. The molecule has 3 N–H and O–H groups in total. The van der Waals surface area contributed by atoms with Crippen molar-refractivity contribution in [3.8, 4) is 17.6 Å². The number of methoxy groups -OCH3 is 2. The third-order valence-electron chi connectivity index (χ3n) is 3.82. The fourth-order valence-corrected chi connectivity index (χ4v) is 4.08. The van der Waals surface area contributed by atoms with Crippen molar-refractivity contribution < 1.29 is 17.9 Å². The molecule has 0 unspecified atom stereocenters. The van der Waals surface area contributed by atoms with E-state index in [9.17, 15) is 13.7 Å². The van der Waals surface area contributed by atoms with Gasteiger partial charge in [0.2, 0.25) is 0 Å². The Morgan fingerprint density at radius 1 is 1.22 bits per heavy atom. The lowest BCUT2D eigenvalue weighted by atomic mass is 10.1. The number of nitrogens with zero attached hydrogens (tertiary/aromatic N) is 2. The maximum atomic E-state index is 10.8. The Morgan fingerprint density at radius 3 is 2.56 bits per heavy atom. The van der Waals surface area contributed by atoms with Crippen molar-refractivity contribution in [2.75, 3.05) is 26.5 Å². The van der Waals surface area contributed by atoms with E-state index in [1.807, 2.05) is 6.07 Å². The number of nitrogens with one attached hydrogen (secondary N) is 1. The molecule has 27 heavy (non-hydrogen) atoms. The normalized spacial score (nSPS) is 11.3. The van der Waals surface area contributed by atoms with Gasteiger partial charge in [-0.05, 0) is 24.7 Å². The zero-order valence-corrected chi connectivity index (χ0v) is 16.8. The van der Waals surface area contributed by atoms with Crippen LogP contribution in [-0.4, -0.2) is 39.9 Å². The van der Waals surface area contributed by atoms with Crippen LogP contribution in [0.4, 0.5) is 0 Å². The molecule has 1 aromatic heterocycles. The Morgan fingerprint density at radius 2 is 1.93 bits per heavy atom. The Bertz CT molecular complexity index is 942. The largest absolute Gasteiger partial charge is 0.493 e. The van der Waals surface area contributed by atoms with Gasteiger partial charge in [0.1, 0.15) is 6.07 Å². The van der Waals surface area contributed by atoms with Gasteiger partial charge in [-0.25, -0.2) is 9.86 Å². The standard InChI is InChI=1S/C17H22N4O4S2/c1-24-15-8-13-14(9-16(15)25-2)20-11-12(10-18)17(13)26-7-5-3-4-6-21-27(19,22)23/h8-9,11,21H,3-7H2,1-2H3,(H2,19,22,23). The first-order chi connectivity index (χ1) is 12.9. The van der Waals surface area contributed by atoms with Crippen LogP contribution in [-0.2, 0) is 10.2 Å². The fraction of sp³-hybridized carbons (Fsp3) is 0.412. The maximum Gasteiger partial charge on any atom is 0.274 e. The van der Waals surface area contributed by atoms with Crippen LogP contribution in [0.5, 0.6) is 11.5 Å². The van der Waals surface area contributed by atoms with E-state index >= 15 is 0 Å². The number of pyridine rings is 1. The first kappa shape index (κ1) is 21.2. The number of nitrogens with two attached hydrogens (primary N) is 1. The van der Waals surface area contributed by atoms with Gasteiger partial charge >= 0.3 is 0 Å². The van der Waals surface area contributed by atoms with Crippen molar-refractivity contribution >= 4 is 32.9 Å². The number of benzene rings is 1. The second kappa shape index (κ2) is 9.75. The summed E-state index contributed by atoms with van der Waals surface area (Å²) < 4.78 is 34.5. The molecule has 0 fully saturated rings. The molecule has 0 saturated heterocycles. The highest BCUT2D eigenvalue weighted by atomic mass is 32.2. The minimum Gasteiger partial charge on any atom is -0.493 e. The van der Waals surface area contributed by atoms with Crippen LogP contribution in [0.15, 0.2) is 23.2 Å². The molecule has 0 radical (unpaired) electrons. The number of thioether (sulfide) groups is 1. The van der Waals surface area contributed by atoms with Crippen molar-refractivity contribution in [3.05, 3.63) is 23.9 Å². The van der Waals surface area contributed by atoms with Gasteiger partial charge in [-0.1, -0.05) is 6.42 Å². The topological polar surface area (TPSA) is 127 Å². The van der Waals surface area contributed by atoms with Crippen molar-refractivity contribution in [1.82, 2.24) is 9.71 Å². The van der Waals surface area contributed by atoms with Crippen molar-refractivity contribution in [3.63, 3.8) is 0 Å². The SMILES string of the molecule is COc1cc2ncc(C#N)c(SCCCCCNS(N)(=O)=O)c2cc1OC. The van der Waals surface area contributed by atoms with Crippen molar-refractivity contribution in [2.24, 2.45) is 5.14 Å². The quantitative estimate of drug-likeness (QED) is 0.454. The highest BCUT2D eigenvalue weighted by Gasteiger charge is 2.14. The van der Waals surface area contributed by atoms with E-state index in [4.69, 9.17) is 14.6 Å². The number of aromatic nitrogens is 1. The summed E-state index contributed by atoms with van der Waals surface area (Å²) in [6.07, 6.45) is 3.98. The van der Waals surface area contributed by atoms with Crippen LogP contribution in [0.25, 0.3) is 10.9 Å². The average Bonchev–Trinajstić information content (AvgIpc) is 2.64. The number of ether oxygens (including phenoxy) is 2. The first-order valence-corrected chi connectivity index (χ1v) is 10.8. The summed E-state index contributed by atoms with van der Waals surface area (Å²) in [5, 5.41) is 15.1. The van der Waals surface area contributed by atoms with Gasteiger partial charge in [-0.3, -0.25) is 4.98 Å². The zero-order chi connectivity index (χ0) is 19.9. The molecule has 2 aromatic rings. The number of fused-ring (bicyclic) bond motifs is 1. The molecule has 0 amide bonds. The van der Waals surface area contributed by atoms with Gasteiger partial charge in [-0.2, -0.15) is 13.7 Å². The van der Waals surface area contributed by atoms with Gasteiger partial charge < -0.3 is 9.47 Å². The number of hydrogen-bond donors (Lipinski definition) is 2. The summed E-state index contributed by atoms with van der Waals surface area (Å²) in [7, 11) is -0.499. The smallest absolute Gasteiger partial charge is 0.274 e. The molecule has 0 spiro atoms. The predicted molar refractivity (Wildman–Crippen MR) is 105 cm³/mol. The third kappa shape index (κ3) is 5.97. The highest BCUT2D eigenvalue weighted by Crippen LogP contribution is 2.37. The molecule has 0 atom stereocenters. The second-order valence-corrected chi connectivity index (χ2v) is 8.17. The summed E-state index contributed by atoms with van der Waals surface area (Å²) in [5.74, 6) is 1.95. The average molecular weight is 411 g/mol. The lowest BCUT2D eigenvalue weighted by Gasteiger charge is -2.12. The first-order valence-electron chi connectivity index (χ1n) is 8.24. The van der Waals surface area contributed by atoms with Crippen molar-refractivity contribution in [1.29, 1.82) is 5.26 Å². The summed E-state index contributed by atoms with van der Waals surface area (Å²) in [4.78, 5) is 5.19. The van der Waals surface area contributed by atoms with Crippen LogP contribution >= 0.6 is 11.8 Å². The van der Waals surface area contributed by atoms with Gasteiger partial charge in [0.15, 0.2) is 11.5 Å². The van der Waals surface area contributed by atoms with Crippen LogP contribution in [0, 0.1) is 11.3 Å². The number of rotatable bonds is 10. The minimum absolute atomic E-state index is 0.322. The van der Waals surface area contributed by atoms with Crippen molar-refractivity contribution in [2.45, 2.75) is 24.2 Å². The maximum absolute atomic E-state index is 10.8. The Hall–Kier alpha value is -2.06. The van der Waals surface area contributed by atoms with E-state index in [1.54, 1.807) is 38.2 Å². The molecular weight excluding hydrogens is 388 g/mol. The van der Waals surface area contributed by atoms with Gasteiger partial charge in [-0.15, -0.1) is 11.8 Å². The van der Waals surface area contributed by atoms with Gasteiger partial charge in [0, 0.05) is 29.1 Å². The van der Waals surface area contributed by atoms with Crippen LogP contribution in [0.2, 0.25) is 0 Å². The van der Waals surface area contributed by atoms with E-state index < -0.39 is 10.2 Å². The molecule has 0 bridgehead atoms. The summed E-state index contributed by atoms with van der Waals surface area (Å²) in [6, 6.07) is 5.81. The van der Waals surface area contributed by atoms with E-state index in [2.05, 4.69) is 15.8 Å². The Kier molecular flexibility index (Phi) is 7.67. The van der Waals surface area contributed by atoms with E-state index in [0.29, 0.717) is 30.0 Å². The molecular formula is C17H22N4O4S2. The molecule has 10 heteroatoms. The van der Waals surface area contributed by atoms with Gasteiger partial charge in [0.25, 0.3) is 10.2 Å². The Labute approximate surface area is 163 Å². The van der Waals surface area contributed by atoms with Crippen LogP contribution in [0.3, 0.4) is 0 Å². The van der Waals surface area contributed by atoms with E-state index in [-0.39, 0.29) is 0 Å². The molecule has 1 heterocycles. The summed E-state index contributed by atoms with van der Waals surface area (Å²) in [5.41, 5.74) is 1.24. The molecule has 146 valence electrons. The molecule has 8 nitrogen and oxygen atoms in total. The minimum atomic E-state index is -3.63. The summed E-state index contributed by atoms with van der Waals surface area (Å²) >= 11 is 1.58. The molecule has 0 aliphatic heterocycles. The molecule has 0 saturated carbocycles. The third-order valence-corrected chi connectivity index (χ3v) is 5.64. The number of nitriles is 1. The lowest BCUT2D eigenvalue weighted by Crippen LogP contribution is -2.31. The molecule has 0 aliphatic carbocycles. The second-order valence-electron chi connectivity index (χ2n) is 5.69. The Balaban J connectivity index is 2.08. The number of unbranched alkanes of at least 4 members (excludes halogenated alkanes) is 2. The van der Waals surface area contributed by atoms with E-state index in [1.165, 1.54) is 0 Å². The highest BCUT2D eigenvalue weighted by molar-refractivity contribution is 7.99. The van der Waals surface area contributed by atoms with Crippen LogP contribution < -0.4 is 19.3 Å².